The molecule has 0 aliphatic heterocycles. The number of nitrogens with zero attached hydrogens (tertiary/aromatic N) is 1. The molecule has 0 heterocycles. The Morgan fingerprint density at radius 1 is 1.21 bits per heavy atom. The van der Waals surface area contributed by atoms with Crippen molar-refractivity contribution in [3.8, 4) is 5.75 Å². The first-order valence-corrected chi connectivity index (χ1v) is 8.40. The van der Waals surface area contributed by atoms with Gasteiger partial charge >= 0.3 is 0 Å². The van der Waals surface area contributed by atoms with Crippen LogP contribution in [0.25, 0.3) is 0 Å². The van der Waals surface area contributed by atoms with Crippen LogP contribution >= 0.6 is 0 Å². The molecule has 24 heavy (non-hydrogen) atoms. The summed E-state index contributed by atoms with van der Waals surface area (Å²) < 4.78 is 5.82. The van der Waals surface area contributed by atoms with Gasteiger partial charge in [0.25, 0.3) is 5.91 Å². The van der Waals surface area contributed by atoms with Gasteiger partial charge in [-0.1, -0.05) is 30.3 Å². The Hall–Kier alpha value is -2.33. The Bertz CT molecular complexity index is 682. The third-order valence-electron chi connectivity index (χ3n) is 4.21. The molecule has 4 heteroatoms. The van der Waals surface area contributed by atoms with Crippen LogP contribution in [0.15, 0.2) is 54.6 Å². The highest BCUT2D eigenvalue weighted by Crippen LogP contribution is 2.32. The van der Waals surface area contributed by atoms with Crippen molar-refractivity contribution in [1.82, 2.24) is 0 Å². The van der Waals surface area contributed by atoms with Gasteiger partial charge in [-0.3, -0.25) is 4.79 Å². The molecule has 1 fully saturated rings. The molecule has 0 saturated heterocycles. The van der Waals surface area contributed by atoms with E-state index in [4.69, 9.17) is 4.74 Å². The van der Waals surface area contributed by atoms with E-state index in [-0.39, 0.29) is 12.5 Å². The van der Waals surface area contributed by atoms with Crippen LogP contribution in [-0.4, -0.2) is 23.7 Å². The van der Waals surface area contributed by atoms with Crippen LogP contribution < -0.4 is 9.64 Å². The van der Waals surface area contributed by atoms with Crippen LogP contribution in [0.2, 0.25) is 0 Å². The van der Waals surface area contributed by atoms with Crippen molar-refractivity contribution in [3.05, 3.63) is 60.2 Å². The zero-order valence-corrected chi connectivity index (χ0v) is 13.9. The van der Waals surface area contributed by atoms with Crippen molar-refractivity contribution in [1.29, 1.82) is 0 Å². The third-order valence-corrected chi connectivity index (χ3v) is 4.21. The second-order valence-corrected chi connectivity index (χ2v) is 6.29. The predicted molar refractivity (Wildman–Crippen MR) is 94.0 cm³/mol. The quantitative estimate of drug-likeness (QED) is 0.849. The van der Waals surface area contributed by atoms with E-state index in [0.29, 0.717) is 11.7 Å². The lowest BCUT2D eigenvalue weighted by molar-refractivity contribution is -0.124. The van der Waals surface area contributed by atoms with E-state index in [0.717, 1.165) is 17.8 Å². The summed E-state index contributed by atoms with van der Waals surface area (Å²) in [5.41, 5.74) is 1.68. The monoisotopic (exact) mass is 325 g/mol. The lowest BCUT2D eigenvalue weighted by Crippen LogP contribution is -2.41. The molecule has 2 aromatic rings. The topological polar surface area (TPSA) is 49.8 Å². The molecular weight excluding hydrogens is 302 g/mol. The molecule has 1 saturated carbocycles. The number of aliphatic hydroxyl groups is 1. The van der Waals surface area contributed by atoms with E-state index in [1.54, 1.807) is 19.1 Å². The standard InChI is InChI=1S/C20H23NO3/c1-15(24-19-9-5-6-17(12-19)14-22)20(23)21(13-16-10-11-16)18-7-3-2-4-8-18/h2-9,12,15-16,22H,10-11,13-14H2,1H3. The van der Waals surface area contributed by atoms with Crippen LogP contribution in [0, 0.1) is 5.92 Å². The highest BCUT2D eigenvalue weighted by molar-refractivity contribution is 5.96. The number of ether oxygens (including phenoxy) is 1. The molecule has 0 spiro atoms. The van der Waals surface area contributed by atoms with Gasteiger partial charge in [-0.15, -0.1) is 0 Å². The number of para-hydroxylation sites is 1. The predicted octanol–water partition coefficient (Wildman–Crippen LogP) is 3.39. The molecule has 0 radical (unpaired) electrons. The Labute approximate surface area is 142 Å². The number of carbonyl (C=O) groups excluding carboxylic acids is 1. The molecular formula is C20H23NO3. The molecule has 0 bridgehead atoms. The van der Waals surface area contributed by atoms with Crippen molar-refractivity contribution in [3.63, 3.8) is 0 Å². The fourth-order valence-corrected chi connectivity index (χ4v) is 2.68. The van der Waals surface area contributed by atoms with Crippen molar-refractivity contribution >= 4 is 11.6 Å². The minimum Gasteiger partial charge on any atom is -0.481 e. The summed E-state index contributed by atoms with van der Waals surface area (Å²) >= 11 is 0. The van der Waals surface area contributed by atoms with Gasteiger partial charge in [0, 0.05) is 12.2 Å². The second-order valence-electron chi connectivity index (χ2n) is 6.29. The first kappa shape index (κ1) is 16.5. The molecule has 3 rings (SSSR count). The van der Waals surface area contributed by atoms with E-state index >= 15 is 0 Å². The van der Waals surface area contributed by atoms with Crippen LogP contribution in [0.1, 0.15) is 25.3 Å². The molecule has 1 N–H and O–H groups in total. The van der Waals surface area contributed by atoms with Gasteiger partial charge in [-0.2, -0.15) is 0 Å². The minimum absolute atomic E-state index is 0.0394. The first-order chi connectivity index (χ1) is 11.7. The first-order valence-electron chi connectivity index (χ1n) is 8.40. The van der Waals surface area contributed by atoms with E-state index in [1.165, 1.54) is 12.8 Å². The summed E-state index contributed by atoms with van der Waals surface area (Å²) in [7, 11) is 0. The van der Waals surface area contributed by atoms with Gasteiger partial charge in [0.2, 0.25) is 0 Å². The van der Waals surface area contributed by atoms with E-state index in [1.807, 2.05) is 47.4 Å². The SMILES string of the molecule is CC(Oc1cccc(CO)c1)C(=O)N(CC1CC1)c1ccccc1. The van der Waals surface area contributed by atoms with E-state index in [9.17, 15) is 9.90 Å². The maximum absolute atomic E-state index is 12.9. The molecule has 2 aromatic carbocycles. The van der Waals surface area contributed by atoms with Gasteiger partial charge in [0.1, 0.15) is 5.75 Å². The summed E-state index contributed by atoms with van der Waals surface area (Å²) in [5.74, 6) is 1.16. The Morgan fingerprint density at radius 3 is 2.62 bits per heavy atom. The van der Waals surface area contributed by atoms with Crippen LogP contribution in [0.4, 0.5) is 5.69 Å². The number of hydrogen-bond donors (Lipinski definition) is 1. The summed E-state index contributed by atoms with van der Waals surface area (Å²) in [5, 5.41) is 9.22. The van der Waals surface area contributed by atoms with Gasteiger partial charge < -0.3 is 14.7 Å². The normalized spacial score (nSPS) is 14.9. The molecule has 0 aromatic heterocycles. The summed E-state index contributed by atoms with van der Waals surface area (Å²) in [6.07, 6.45) is 1.78. The highest BCUT2D eigenvalue weighted by atomic mass is 16.5. The minimum atomic E-state index is -0.585. The average molecular weight is 325 g/mol. The van der Waals surface area contributed by atoms with Crippen LogP contribution in [0.3, 0.4) is 0 Å². The Balaban J connectivity index is 1.73. The van der Waals surface area contributed by atoms with Gasteiger partial charge in [0.05, 0.1) is 6.61 Å². The molecule has 4 nitrogen and oxygen atoms in total. The van der Waals surface area contributed by atoms with Gasteiger partial charge in [-0.25, -0.2) is 0 Å². The number of carbonyl (C=O) groups is 1. The Kier molecular flexibility index (Phi) is 5.16. The molecule has 1 aliphatic rings. The summed E-state index contributed by atoms with van der Waals surface area (Å²) in [4.78, 5) is 14.7. The molecule has 1 amide bonds. The number of aliphatic hydroxyl groups excluding tert-OH is 1. The lowest BCUT2D eigenvalue weighted by atomic mass is 10.2. The van der Waals surface area contributed by atoms with Gasteiger partial charge in [0.15, 0.2) is 6.10 Å². The zero-order valence-electron chi connectivity index (χ0n) is 13.9. The Morgan fingerprint density at radius 2 is 1.96 bits per heavy atom. The number of amides is 1. The fourth-order valence-electron chi connectivity index (χ4n) is 2.68. The molecule has 1 atom stereocenters. The molecule has 1 unspecified atom stereocenters. The third kappa shape index (κ3) is 4.15. The second kappa shape index (κ2) is 7.49. The summed E-state index contributed by atoms with van der Waals surface area (Å²) in [6, 6.07) is 17.0. The van der Waals surface area contributed by atoms with Crippen molar-refractivity contribution in [2.75, 3.05) is 11.4 Å². The number of hydrogen-bond acceptors (Lipinski definition) is 3. The molecule has 126 valence electrons. The summed E-state index contributed by atoms with van der Waals surface area (Å²) in [6.45, 7) is 2.47. The maximum atomic E-state index is 12.9. The fraction of sp³-hybridized carbons (Fsp3) is 0.350. The largest absolute Gasteiger partial charge is 0.481 e. The van der Waals surface area contributed by atoms with Crippen LogP contribution in [0.5, 0.6) is 5.75 Å². The van der Waals surface area contributed by atoms with Gasteiger partial charge in [-0.05, 0) is 55.5 Å². The highest BCUT2D eigenvalue weighted by Gasteiger charge is 2.30. The lowest BCUT2D eigenvalue weighted by Gasteiger charge is -2.26. The van der Waals surface area contributed by atoms with Crippen molar-refractivity contribution in [2.45, 2.75) is 32.5 Å². The molecule has 1 aliphatic carbocycles. The number of benzene rings is 2. The average Bonchev–Trinajstić information content (AvgIpc) is 3.44. The van der Waals surface area contributed by atoms with Crippen LogP contribution in [-0.2, 0) is 11.4 Å². The smallest absolute Gasteiger partial charge is 0.267 e. The van der Waals surface area contributed by atoms with Crippen molar-refractivity contribution < 1.29 is 14.6 Å². The number of anilines is 1. The van der Waals surface area contributed by atoms with E-state index < -0.39 is 6.10 Å². The van der Waals surface area contributed by atoms with E-state index in [2.05, 4.69) is 0 Å². The van der Waals surface area contributed by atoms with Crippen molar-refractivity contribution in [2.24, 2.45) is 5.92 Å². The zero-order chi connectivity index (χ0) is 16.9. The maximum Gasteiger partial charge on any atom is 0.267 e. The number of rotatable bonds is 7.